The molecule has 3 N–H and O–H groups in total. The Kier molecular flexibility index (Phi) is 6.18. The molecule has 0 saturated heterocycles. The molecule has 6 nitrogen and oxygen atoms in total. The second kappa shape index (κ2) is 9.18. The van der Waals surface area contributed by atoms with Crippen LogP contribution in [0, 0.1) is 0 Å². The number of aromatic nitrogens is 1. The Labute approximate surface area is 186 Å². The largest absolute Gasteiger partial charge is 0.334 e. The molecule has 0 spiro atoms. The summed E-state index contributed by atoms with van der Waals surface area (Å²) in [5.41, 5.74) is 2.92. The van der Waals surface area contributed by atoms with Gasteiger partial charge in [-0.15, -0.1) is 0 Å². The predicted octanol–water partition coefficient (Wildman–Crippen LogP) is 4.87. The van der Waals surface area contributed by atoms with Gasteiger partial charge in [-0.05, 0) is 66.8 Å². The summed E-state index contributed by atoms with van der Waals surface area (Å²) in [5, 5.41) is 9.58. The molecule has 1 heterocycles. The third-order valence-electron chi connectivity index (χ3n) is 5.56. The van der Waals surface area contributed by atoms with E-state index in [-0.39, 0.29) is 17.5 Å². The number of carbonyl (C=O) groups is 2. The van der Waals surface area contributed by atoms with Gasteiger partial charge >= 0.3 is 6.03 Å². The molecule has 1 aromatic heterocycles. The number of halogens is 1. The van der Waals surface area contributed by atoms with E-state index in [1.54, 1.807) is 24.5 Å². The van der Waals surface area contributed by atoms with Crippen LogP contribution in [0.3, 0.4) is 0 Å². The quantitative estimate of drug-likeness (QED) is 0.517. The first-order chi connectivity index (χ1) is 15.0. The van der Waals surface area contributed by atoms with Gasteiger partial charge in [-0.25, -0.2) is 4.79 Å². The van der Waals surface area contributed by atoms with Crippen molar-refractivity contribution in [2.45, 2.75) is 31.3 Å². The molecule has 2 aromatic carbocycles. The molecule has 3 amide bonds. The fraction of sp³-hybridized carbons (Fsp3) is 0.208. The average Bonchev–Trinajstić information content (AvgIpc) is 2.77. The number of nitrogens with one attached hydrogen (secondary N) is 3. The van der Waals surface area contributed by atoms with Crippen molar-refractivity contribution in [3.05, 3.63) is 94.8 Å². The molecule has 31 heavy (non-hydrogen) atoms. The average molecular weight is 435 g/mol. The second-order valence-corrected chi connectivity index (χ2v) is 8.07. The Morgan fingerprint density at radius 2 is 1.61 bits per heavy atom. The molecule has 1 aliphatic carbocycles. The number of carbonyl (C=O) groups excluding carboxylic acids is 2. The van der Waals surface area contributed by atoms with Crippen LogP contribution in [0.1, 0.15) is 40.7 Å². The summed E-state index contributed by atoms with van der Waals surface area (Å²) in [6, 6.07) is 18.1. The summed E-state index contributed by atoms with van der Waals surface area (Å²) in [5.74, 6) is -0.194. The minimum atomic E-state index is -0.324. The fourth-order valence-corrected chi connectivity index (χ4v) is 3.77. The molecule has 4 rings (SSSR count). The first-order valence-corrected chi connectivity index (χ1v) is 10.5. The van der Waals surface area contributed by atoms with Gasteiger partial charge in [0.05, 0.1) is 5.54 Å². The van der Waals surface area contributed by atoms with Gasteiger partial charge in [0.15, 0.2) is 0 Å². The summed E-state index contributed by atoms with van der Waals surface area (Å²) >= 11 is 5.99. The van der Waals surface area contributed by atoms with E-state index in [9.17, 15) is 9.59 Å². The lowest BCUT2D eigenvalue weighted by Gasteiger charge is -2.43. The number of rotatable bonds is 6. The van der Waals surface area contributed by atoms with E-state index in [0.717, 1.165) is 30.4 Å². The van der Waals surface area contributed by atoms with Gasteiger partial charge in [-0.3, -0.25) is 9.78 Å². The van der Waals surface area contributed by atoms with Crippen molar-refractivity contribution in [3.63, 3.8) is 0 Å². The summed E-state index contributed by atoms with van der Waals surface area (Å²) in [6.45, 7) is 0.390. The van der Waals surface area contributed by atoms with Crippen molar-refractivity contribution in [3.8, 4) is 0 Å². The topological polar surface area (TPSA) is 83.1 Å². The lowest BCUT2D eigenvalue weighted by atomic mass is 9.72. The third kappa shape index (κ3) is 5.03. The monoisotopic (exact) mass is 434 g/mol. The van der Waals surface area contributed by atoms with Gasteiger partial charge in [0.2, 0.25) is 0 Å². The maximum Gasteiger partial charge on any atom is 0.315 e. The number of urea groups is 1. The molecular weight excluding hydrogens is 412 g/mol. The van der Waals surface area contributed by atoms with Crippen molar-refractivity contribution in [2.24, 2.45) is 0 Å². The SMILES string of the molecule is O=C(NCc1ccc(NC(=O)c2ccncc2)cc1)NC1(c2ccc(Cl)cc2)CCC1. The molecule has 0 atom stereocenters. The van der Waals surface area contributed by atoms with Gasteiger partial charge in [-0.2, -0.15) is 0 Å². The van der Waals surface area contributed by atoms with Crippen molar-refractivity contribution < 1.29 is 9.59 Å². The number of anilines is 1. The van der Waals surface area contributed by atoms with E-state index < -0.39 is 0 Å². The minimum Gasteiger partial charge on any atom is -0.334 e. The molecule has 0 radical (unpaired) electrons. The summed E-state index contributed by atoms with van der Waals surface area (Å²) in [6.07, 6.45) is 6.06. The molecule has 0 aliphatic heterocycles. The molecular formula is C24H23ClN4O2. The minimum absolute atomic E-state index is 0.194. The molecule has 1 saturated carbocycles. The zero-order valence-electron chi connectivity index (χ0n) is 16.9. The van der Waals surface area contributed by atoms with Crippen molar-refractivity contribution in [2.75, 3.05) is 5.32 Å². The van der Waals surface area contributed by atoms with Gasteiger partial charge in [-0.1, -0.05) is 35.9 Å². The van der Waals surface area contributed by atoms with E-state index in [1.165, 1.54) is 0 Å². The maximum absolute atomic E-state index is 12.5. The number of nitrogens with zero attached hydrogens (tertiary/aromatic N) is 1. The molecule has 1 fully saturated rings. The standard InChI is InChI=1S/C24H23ClN4O2/c25-20-6-4-19(5-7-20)24(12-1-13-24)29-23(31)27-16-17-2-8-21(9-3-17)28-22(30)18-10-14-26-15-11-18/h2-11,14-15H,1,12-13,16H2,(H,28,30)(H2,27,29,31). The zero-order chi connectivity index (χ0) is 21.7. The number of amides is 3. The number of hydrogen-bond acceptors (Lipinski definition) is 3. The first kappa shape index (κ1) is 20.9. The Hall–Kier alpha value is -3.38. The van der Waals surface area contributed by atoms with Gasteiger partial charge in [0.25, 0.3) is 5.91 Å². The maximum atomic E-state index is 12.5. The van der Waals surface area contributed by atoms with E-state index in [1.807, 2.05) is 48.5 Å². The Balaban J connectivity index is 1.30. The van der Waals surface area contributed by atoms with Crippen LogP contribution in [0.25, 0.3) is 0 Å². The molecule has 3 aromatic rings. The van der Waals surface area contributed by atoms with Crippen molar-refractivity contribution in [1.29, 1.82) is 0 Å². The number of benzene rings is 2. The third-order valence-corrected chi connectivity index (χ3v) is 5.82. The van der Waals surface area contributed by atoms with Crippen LogP contribution >= 0.6 is 11.6 Å². The molecule has 1 aliphatic rings. The summed E-state index contributed by atoms with van der Waals surface area (Å²) < 4.78 is 0. The number of pyridine rings is 1. The zero-order valence-corrected chi connectivity index (χ0v) is 17.7. The van der Waals surface area contributed by atoms with Crippen LogP contribution in [0.15, 0.2) is 73.1 Å². The Bertz CT molecular complexity index is 1050. The van der Waals surface area contributed by atoms with Crippen molar-refractivity contribution >= 4 is 29.2 Å². The Morgan fingerprint density at radius 3 is 2.23 bits per heavy atom. The van der Waals surface area contributed by atoms with Crippen LogP contribution in [-0.2, 0) is 12.1 Å². The van der Waals surface area contributed by atoms with E-state index >= 15 is 0 Å². The highest BCUT2D eigenvalue weighted by molar-refractivity contribution is 6.30. The molecule has 0 unspecified atom stereocenters. The van der Waals surface area contributed by atoms with E-state index in [2.05, 4.69) is 20.9 Å². The lowest BCUT2D eigenvalue weighted by Crippen LogP contribution is -2.53. The smallest absolute Gasteiger partial charge is 0.315 e. The number of hydrogen-bond donors (Lipinski definition) is 3. The van der Waals surface area contributed by atoms with Gasteiger partial charge in [0, 0.05) is 35.2 Å². The van der Waals surface area contributed by atoms with Crippen LogP contribution in [0.4, 0.5) is 10.5 Å². The Morgan fingerprint density at radius 1 is 0.935 bits per heavy atom. The van der Waals surface area contributed by atoms with Crippen LogP contribution in [0.2, 0.25) is 5.02 Å². The van der Waals surface area contributed by atoms with Gasteiger partial charge in [0.1, 0.15) is 0 Å². The van der Waals surface area contributed by atoms with Crippen LogP contribution in [0.5, 0.6) is 0 Å². The normalized spacial score (nSPS) is 14.2. The molecule has 7 heteroatoms. The summed E-state index contributed by atoms with van der Waals surface area (Å²) in [4.78, 5) is 28.6. The second-order valence-electron chi connectivity index (χ2n) is 7.64. The molecule has 158 valence electrons. The lowest BCUT2D eigenvalue weighted by molar-refractivity contribution is 0.102. The van der Waals surface area contributed by atoms with E-state index in [0.29, 0.717) is 22.8 Å². The molecule has 0 bridgehead atoms. The van der Waals surface area contributed by atoms with Crippen molar-refractivity contribution in [1.82, 2.24) is 15.6 Å². The highest BCUT2D eigenvalue weighted by atomic mass is 35.5. The highest BCUT2D eigenvalue weighted by Gasteiger charge is 2.39. The fourth-order valence-electron chi connectivity index (χ4n) is 3.64. The van der Waals surface area contributed by atoms with E-state index in [4.69, 9.17) is 11.6 Å². The van der Waals surface area contributed by atoms with Crippen LogP contribution < -0.4 is 16.0 Å². The van der Waals surface area contributed by atoms with Gasteiger partial charge < -0.3 is 16.0 Å². The predicted molar refractivity (Wildman–Crippen MR) is 121 cm³/mol. The highest BCUT2D eigenvalue weighted by Crippen LogP contribution is 2.41. The summed E-state index contributed by atoms with van der Waals surface area (Å²) in [7, 11) is 0. The first-order valence-electron chi connectivity index (χ1n) is 10.2. The van der Waals surface area contributed by atoms with Crippen LogP contribution in [-0.4, -0.2) is 16.9 Å².